The van der Waals surface area contributed by atoms with Crippen molar-refractivity contribution in [3.63, 3.8) is 0 Å². The summed E-state index contributed by atoms with van der Waals surface area (Å²) in [6.45, 7) is 0.144. The first-order valence-corrected chi connectivity index (χ1v) is 14.0. The van der Waals surface area contributed by atoms with Crippen molar-refractivity contribution in [2.45, 2.75) is 30.2 Å². The molecule has 41 heavy (non-hydrogen) atoms. The van der Waals surface area contributed by atoms with Crippen LogP contribution in [-0.2, 0) is 41.7 Å². The van der Waals surface area contributed by atoms with Gasteiger partial charge in [0.1, 0.15) is 11.1 Å². The molecule has 10 heteroatoms. The number of Topliss-reactive ketones (excluding diaryl/α,β-unsaturated/α-hetero) is 1. The summed E-state index contributed by atoms with van der Waals surface area (Å²) in [5.74, 6) is -3.14. The molecular formula is C31H28N2O7S. The second-order valence-electron chi connectivity index (χ2n) is 9.57. The quantitative estimate of drug-likeness (QED) is 0.265. The molecule has 1 fully saturated rings. The predicted octanol–water partition coefficient (Wildman–Crippen LogP) is 3.47. The fourth-order valence-corrected chi connectivity index (χ4v) is 6.40. The van der Waals surface area contributed by atoms with Crippen molar-refractivity contribution in [1.29, 1.82) is 0 Å². The number of methoxy groups -OCH3 is 1. The average Bonchev–Trinajstić information content (AvgIpc) is 3.00. The van der Waals surface area contributed by atoms with Crippen LogP contribution >= 0.6 is 11.8 Å². The number of aliphatic carboxylic acids is 1. The van der Waals surface area contributed by atoms with Crippen molar-refractivity contribution in [3.8, 4) is 0 Å². The number of amides is 2. The van der Waals surface area contributed by atoms with Gasteiger partial charge >= 0.3 is 5.97 Å². The maximum atomic E-state index is 13.7. The Labute approximate surface area is 241 Å². The van der Waals surface area contributed by atoms with E-state index in [1.165, 1.54) is 7.11 Å². The smallest absolute Gasteiger partial charge is 0.353 e. The van der Waals surface area contributed by atoms with E-state index in [1.807, 2.05) is 42.5 Å². The summed E-state index contributed by atoms with van der Waals surface area (Å²) < 4.78 is 11.6. The molecule has 3 atom stereocenters. The summed E-state index contributed by atoms with van der Waals surface area (Å²) in [4.78, 5) is 53.7. The number of ketones is 1. The van der Waals surface area contributed by atoms with Gasteiger partial charge in [-0.25, -0.2) is 4.79 Å². The molecule has 1 saturated heterocycles. The zero-order valence-corrected chi connectivity index (χ0v) is 23.0. The van der Waals surface area contributed by atoms with E-state index < -0.39 is 35.0 Å². The van der Waals surface area contributed by atoms with Gasteiger partial charge in [0.15, 0.2) is 11.9 Å². The van der Waals surface area contributed by atoms with Crippen LogP contribution < -0.4 is 5.32 Å². The summed E-state index contributed by atoms with van der Waals surface area (Å²) in [6, 6.07) is 27.2. The minimum Gasteiger partial charge on any atom is -0.477 e. The van der Waals surface area contributed by atoms with Crippen LogP contribution in [0.1, 0.15) is 22.8 Å². The lowest BCUT2D eigenvalue weighted by molar-refractivity contribution is -0.194. The van der Waals surface area contributed by atoms with E-state index in [9.17, 15) is 24.3 Å². The summed E-state index contributed by atoms with van der Waals surface area (Å²) in [5, 5.41) is 11.9. The van der Waals surface area contributed by atoms with Crippen molar-refractivity contribution in [2.75, 3.05) is 12.9 Å². The summed E-state index contributed by atoms with van der Waals surface area (Å²) in [7, 11) is 1.28. The van der Waals surface area contributed by atoms with Gasteiger partial charge in [-0.15, -0.1) is 11.8 Å². The SMILES string of the molecule is COC1(NC(=O)C(OCc2ccccc2)c2ccccc2)C(=O)N2C(C(=O)O)=C(C(=O)Cc3ccccc3)CS[C@H]21. The van der Waals surface area contributed by atoms with Gasteiger partial charge in [0, 0.05) is 24.9 Å². The largest absolute Gasteiger partial charge is 0.477 e. The number of thioether (sulfide) groups is 1. The van der Waals surface area contributed by atoms with E-state index in [0.29, 0.717) is 5.56 Å². The number of β-lactam (4-membered cyclic amide) rings is 1. The Hall–Kier alpha value is -4.25. The lowest BCUT2D eigenvalue weighted by Gasteiger charge is -2.55. The molecule has 0 radical (unpaired) electrons. The first kappa shape index (κ1) is 28.3. The van der Waals surface area contributed by atoms with Crippen molar-refractivity contribution in [3.05, 3.63) is 119 Å². The fraction of sp³-hybridized carbons (Fsp3) is 0.226. The predicted molar refractivity (Wildman–Crippen MR) is 151 cm³/mol. The molecule has 2 N–H and O–H groups in total. The first-order valence-electron chi connectivity index (χ1n) is 12.9. The molecule has 3 aromatic carbocycles. The number of nitrogens with one attached hydrogen (secondary N) is 1. The Morgan fingerprint density at radius 1 is 0.976 bits per heavy atom. The number of carbonyl (C=O) groups is 4. The third-order valence-electron chi connectivity index (χ3n) is 7.01. The lowest BCUT2D eigenvalue weighted by Crippen LogP contribution is -2.81. The van der Waals surface area contributed by atoms with Crippen molar-refractivity contribution < 1.29 is 33.8 Å². The van der Waals surface area contributed by atoms with Crippen LogP contribution in [0.15, 0.2) is 102 Å². The zero-order chi connectivity index (χ0) is 29.0. The third kappa shape index (κ3) is 5.54. The van der Waals surface area contributed by atoms with Crippen LogP contribution in [0.2, 0.25) is 0 Å². The number of nitrogens with zero attached hydrogens (tertiary/aromatic N) is 1. The van der Waals surface area contributed by atoms with E-state index >= 15 is 0 Å². The second-order valence-corrected chi connectivity index (χ2v) is 10.6. The van der Waals surface area contributed by atoms with Gasteiger partial charge in [0.05, 0.1) is 6.61 Å². The Kier molecular flexibility index (Phi) is 8.34. The van der Waals surface area contributed by atoms with Crippen molar-refractivity contribution >= 4 is 35.3 Å². The monoisotopic (exact) mass is 572 g/mol. The minimum atomic E-state index is -1.83. The lowest BCUT2D eigenvalue weighted by atomic mass is 9.95. The molecule has 3 aromatic rings. The molecule has 5 rings (SSSR count). The van der Waals surface area contributed by atoms with Gasteiger partial charge in [-0.05, 0) is 16.7 Å². The van der Waals surface area contributed by atoms with Crippen LogP contribution in [0, 0.1) is 0 Å². The highest BCUT2D eigenvalue weighted by atomic mass is 32.2. The molecule has 2 aliphatic rings. The second kappa shape index (κ2) is 12.1. The highest BCUT2D eigenvalue weighted by Crippen LogP contribution is 2.47. The van der Waals surface area contributed by atoms with Crippen molar-refractivity contribution in [2.24, 2.45) is 0 Å². The number of rotatable bonds is 11. The van der Waals surface area contributed by atoms with Gasteiger partial charge in [0.2, 0.25) is 0 Å². The van der Waals surface area contributed by atoms with E-state index in [-0.39, 0.29) is 35.8 Å². The topological polar surface area (TPSA) is 122 Å². The highest BCUT2D eigenvalue weighted by molar-refractivity contribution is 8.00. The number of carbonyl (C=O) groups excluding carboxylic acids is 3. The molecule has 210 valence electrons. The van der Waals surface area contributed by atoms with Crippen LogP contribution in [0.4, 0.5) is 0 Å². The Morgan fingerprint density at radius 2 is 1.56 bits per heavy atom. The summed E-state index contributed by atoms with van der Waals surface area (Å²) >= 11 is 1.16. The molecule has 0 bridgehead atoms. The molecule has 2 heterocycles. The molecule has 2 amide bonds. The molecule has 0 spiro atoms. The standard InChI is InChI=1S/C31H28N2O7S/c1-39-31(32-27(35)26(22-15-9-4-10-16-22)40-18-21-13-7-3-8-14-21)29(38)33-25(28(36)37)23(19-41-30(31)33)24(34)17-20-11-5-2-6-12-20/h2-16,26,30H,17-19H2,1H3,(H,32,35)(H,36,37)/t26?,30-,31?/m0/s1. The maximum Gasteiger partial charge on any atom is 0.353 e. The van der Waals surface area contributed by atoms with Crippen LogP contribution in [0.5, 0.6) is 0 Å². The number of hydrogen-bond donors (Lipinski definition) is 2. The molecule has 0 aromatic heterocycles. The summed E-state index contributed by atoms with van der Waals surface area (Å²) in [6.07, 6.45) is -1.07. The Morgan fingerprint density at radius 3 is 2.15 bits per heavy atom. The van der Waals surface area contributed by atoms with Gasteiger partial charge in [-0.2, -0.15) is 0 Å². The van der Waals surface area contributed by atoms with Crippen LogP contribution in [0.3, 0.4) is 0 Å². The highest BCUT2D eigenvalue weighted by Gasteiger charge is 2.67. The summed E-state index contributed by atoms with van der Waals surface area (Å²) in [5.41, 5.74) is -0.00779. The van der Waals surface area contributed by atoms with Gasteiger partial charge in [-0.1, -0.05) is 91.0 Å². The molecule has 2 aliphatic heterocycles. The average molecular weight is 573 g/mol. The number of benzene rings is 3. The molecule has 0 aliphatic carbocycles. The van der Waals surface area contributed by atoms with E-state index in [2.05, 4.69) is 5.32 Å². The third-order valence-corrected chi connectivity index (χ3v) is 8.32. The van der Waals surface area contributed by atoms with Crippen LogP contribution in [0.25, 0.3) is 0 Å². The maximum absolute atomic E-state index is 13.7. The molecule has 2 unspecified atom stereocenters. The normalized spacial score (nSPS) is 20.6. The van der Waals surface area contributed by atoms with E-state index in [4.69, 9.17) is 9.47 Å². The zero-order valence-electron chi connectivity index (χ0n) is 22.2. The number of fused-ring (bicyclic) bond motifs is 1. The Bertz CT molecular complexity index is 1480. The van der Waals surface area contributed by atoms with Crippen molar-refractivity contribution in [1.82, 2.24) is 10.2 Å². The fourth-order valence-electron chi connectivity index (χ4n) is 4.93. The minimum absolute atomic E-state index is 0.00385. The molecule has 0 saturated carbocycles. The Balaban J connectivity index is 1.39. The van der Waals surface area contributed by atoms with E-state index in [0.717, 1.165) is 27.8 Å². The molecular weight excluding hydrogens is 544 g/mol. The van der Waals surface area contributed by atoms with Gasteiger partial charge in [-0.3, -0.25) is 19.3 Å². The van der Waals surface area contributed by atoms with Gasteiger partial charge in [0.25, 0.3) is 17.5 Å². The van der Waals surface area contributed by atoms with Crippen LogP contribution in [-0.4, -0.2) is 57.5 Å². The number of hydrogen-bond acceptors (Lipinski definition) is 7. The van der Waals surface area contributed by atoms with Gasteiger partial charge < -0.3 is 19.9 Å². The van der Waals surface area contributed by atoms with E-state index in [1.54, 1.807) is 48.5 Å². The number of ether oxygens (including phenoxy) is 2. The first-order chi connectivity index (χ1) is 19.9. The number of carboxylic acids is 1. The number of carboxylic acid groups (broad SMARTS) is 1. The molecule has 9 nitrogen and oxygen atoms in total.